The Labute approximate surface area is 103 Å². The number of Topliss-reactive ketones (excluding diaryl/α,β-unsaturated/α-hetero) is 1. The molecule has 0 fully saturated rings. The molecule has 0 radical (unpaired) electrons. The Hall–Kier alpha value is -2.09. The number of carbonyl (C=O) groups is 1. The predicted molar refractivity (Wildman–Crippen MR) is 76.1 cm³/mol. The Morgan fingerprint density at radius 3 is 2.35 bits per heavy atom. The van der Waals surface area contributed by atoms with Crippen LogP contribution in [0.3, 0.4) is 0 Å². The SMILES string of the molecule is C=C/C=C\C1=C(C=C)BC(=C)/C(=C\C=C)C1=O. The monoisotopic (exact) mass is 222 g/mol. The first-order valence-corrected chi connectivity index (χ1v) is 5.36. The highest BCUT2D eigenvalue weighted by Crippen LogP contribution is 2.25. The van der Waals surface area contributed by atoms with Crippen molar-refractivity contribution in [3.63, 3.8) is 0 Å². The lowest BCUT2D eigenvalue weighted by Crippen LogP contribution is -2.20. The van der Waals surface area contributed by atoms with Gasteiger partial charge in [0, 0.05) is 11.1 Å². The third-order valence-corrected chi connectivity index (χ3v) is 2.55. The van der Waals surface area contributed by atoms with Gasteiger partial charge in [-0.15, -0.1) is 6.58 Å². The Morgan fingerprint density at radius 2 is 1.82 bits per heavy atom. The van der Waals surface area contributed by atoms with Crippen molar-refractivity contribution in [2.45, 2.75) is 0 Å². The molecule has 1 rings (SSSR count). The van der Waals surface area contributed by atoms with Crippen molar-refractivity contribution < 1.29 is 4.79 Å². The van der Waals surface area contributed by atoms with Gasteiger partial charge in [0.15, 0.2) is 13.1 Å². The molecule has 1 heterocycles. The van der Waals surface area contributed by atoms with Crippen LogP contribution in [-0.4, -0.2) is 13.1 Å². The minimum absolute atomic E-state index is 0.0332. The predicted octanol–water partition coefficient (Wildman–Crippen LogP) is 2.81. The molecule has 0 saturated carbocycles. The molecule has 0 aliphatic carbocycles. The van der Waals surface area contributed by atoms with E-state index in [1.807, 2.05) is 0 Å². The smallest absolute Gasteiger partial charge is 0.193 e. The summed E-state index contributed by atoms with van der Waals surface area (Å²) < 4.78 is 0. The van der Waals surface area contributed by atoms with Crippen LogP contribution in [0.2, 0.25) is 0 Å². The van der Waals surface area contributed by atoms with Gasteiger partial charge in [0.25, 0.3) is 0 Å². The maximum atomic E-state index is 12.2. The van der Waals surface area contributed by atoms with Crippen LogP contribution in [0, 0.1) is 0 Å². The van der Waals surface area contributed by atoms with Gasteiger partial charge >= 0.3 is 0 Å². The molecule has 0 N–H and O–H groups in total. The molecule has 84 valence electrons. The Balaban J connectivity index is 3.33. The van der Waals surface area contributed by atoms with Crippen molar-refractivity contribution in [1.29, 1.82) is 0 Å². The summed E-state index contributed by atoms with van der Waals surface area (Å²) in [7, 11) is 0.645. The number of allylic oxidation sites excluding steroid dienone is 10. The van der Waals surface area contributed by atoms with Gasteiger partial charge in [0.05, 0.1) is 0 Å². The lowest BCUT2D eigenvalue weighted by molar-refractivity contribution is -0.111. The van der Waals surface area contributed by atoms with E-state index >= 15 is 0 Å². The highest BCUT2D eigenvalue weighted by molar-refractivity contribution is 6.61. The standard InChI is InChI=1S/C15H15BO/c1-5-8-10-13-14(7-3)16-11(4)12(9-6-2)15(13)17/h5-10,16H,1-4H2/b10-8-,12-9+. The minimum Gasteiger partial charge on any atom is -0.289 e. The van der Waals surface area contributed by atoms with E-state index in [0.717, 1.165) is 10.9 Å². The van der Waals surface area contributed by atoms with E-state index in [1.165, 1.54) is 0 Å². The maximum Gasteiger partial charge on any atom is 0.193 e. The summed E-state index contributed by atoms with van der Waals surface area (Å²) in [6.45, 7) is 14.9. The van der Waals surface area contributed by atoms with Crippen molar-refractivity contribution in [2.75, 3.05) is 0 Å². The Morgan fingerprint density at radius 1 is 1.12 bits per heavy atom. The summed E-state index contributed by atoms with van der Waals surface area (Å²) in [5, 5.41) is 0. The van der Waals surface area contributed by atoms with E-state index in [-0.39, 0.29) is 5.78 Å². The van der Waals surface area contributed by atoms with Gasteiger partial charge in [0.2, 0.25) is 0 Å². The van der Waals surface area contributed by atoms with E-state index in [9.17, 15) is 4.79 Å². The average molecular weight is 222 g/mol. The second kappa shape index (κ2) is 5.85. The number of hydrogen-bond acceptors (Lipinski definition) is 1. The fourth-order valence-electron chi connectivity index (χ4n) is 1.71. The molecule has 0 aromatic carbocycles. The van der Waals surface area contributed by atoms with E-state index < -0.39 is 0 Å². The number of rotatable bonds is 4. The van der Waals surface area contributed by atoms with Crippen molar-refractivity contribution in [3.8, 4) is 0 Å². The van der Waals surface area contributed by atoms with Crippen LogP contribution in [0.15, 0.2) is 84.9 Å². The zero-order chi connectivity index (χ0) is 12.8. The summed E-state index contributed by atoms with van der Waals surface area (Å²) in [4.78, 5) is 12.2. The third-order valence-electron chi connectivity index (χ3n) is 2.55. The van der Waals surface area contributed by atoms with Crippen LogP contribution in [0.25, 0.3) is 0 Å². The van der Waals surface area contributed by atoms with Gasteiger partial charge in [0.1, 0.15) is 0 Å². The van der Waals surface area contributed by atoms with Gasteiger partial charge in [-0.25, -0.2) is 0 Å². The van der Waals surface area contributed by atoms with Crippen LogP contribution in [0.4, 0.5) is 0 Å². The summed E-state index contributed by atoms with van der Waals surface area (Å²) in [6.07, 6.45) is 10.2. The molecular formula is C15H15BO. The molecular weight excluding hydrogens is 207 g/mol. The van der Waals surface area contributed by atoms with E-state index in [4.69, 9.17) is 0 Å². The molecule has 17 heavy (non-hydrogen) atoms. The molecule has 0 atom stereocenters. The zero-order valence-electron chi connectivity index (χ0n) is 9.91. The van der Waals surface area contributed by atoms with Crippen molar-refractivity contribution in [3.05, 3.63) is 84.9 Å². The van der Waals surface area contributed by atoms with E-state index in [2.05, 4.69) is 26.3 Å². The molecule has 0 unspecified atom stereocenters. The Kier molecular flexibility index (Phi) is 4.47. The van der Waals surface area contributed by atoms with Gasteiger partial charge in [-0.2, -0.15) is 0 Å². The molecule has 2 heteroatoms. The Bertz CT molecular complexity index is 487. The lowest BCUT2D eigenvalue weighted by Gasteiger charge is -2.18. The fraction of sp³-hybridized carbons (Fsp3) is 0. The van der Waals surface area contributed by atoms with Crippen molar-refractivity contribution in [2.24, 2.45) is 0 Å². The first-order valence-electron chi connectivity index (χ1n) is 5.36. The molecule has 0 aromatic rings. The van der Waals surface area contributed by atoms with Crippen LogP contribution >= 0.6 is 0 Å². The van der Waals surface area contributed by atoms with Gasteiger partial charge in [-0.05, 0) is 0 Å². The summed E-state index contributed by atoms with van der Waals surface area (Å²) in [6, 6.07) is 0. The van der Waals surface area contributed by atoms with Crippen molar-refractivity contribution in [1.82, 2.24) is 0 Å². The van der Waals surface area contributed by atoms with Crippen LogP contribution < -0.4 is 0 Å². The molecule has 1 aliphatic rings. The average Bonchev–Trinajstić information content (AvgIpc) is 2.32. The summed E-state index contributed by atoms with van der Waals surface area (Å²) in [5.74, 6) is -0.0332. The third kappa shape index (κ3) is 2.73. The molecule has 0 bridgehead atoms. The zero-order valence-corrected chi connectivity index (χ0v) is 9.91. The first kappa shape index (κ1) is 13.0. The maximum absolute atomic E-state index is 12.2. The van der Waals surface area contributed by atoms with Crippen molar-refractivity contribution >= 4 is 13.1 Å². The molecule has 1 nitrogen and oxygen atoms in total. The number of ketones is 1. The first-order chi connectivity index (χ1) is 8.15. The fourth-order valence-corrected chi connectivity index (χ4v) is 1.71. The molecule has 0 aromatic heterocycles. The van der Waals surface area contributed by atoms with E-state index in [0.29, 0.717) is 18.4 Å². The van der Waals surface area contributed by atoms with Crippen LogP contribution in [0.5, 0.6) is 0 Å². The topological polar surface area (TPSA) is 17.1 Å². The van der Waals surface area contributed by atoms with Crippen LogP contribution in [-0.2, 0) is 4.79 Å². The summed E-state index contributed by atoms with van der Waals surface area (Å²) in [5.41, 5.74) is 2.98. The molecule has 1 aliphatic heterocycles. The van der Waals surface area contributed by atoms with Gasteiger partial charge in [-0.1, -0.05) is 67.1 Å². The normalized spacial score (nSPS) is 18.5. The van der Waals surface area contributed by atoms with Crippen LogP contribution in [0.1, 0.15) is 0 Å². The number of carbonyl (C=O) groups excluding carboxylic acids is 1. The largest absolute Gasteiger partial charge is 0.289 e. The van der Waals surface area contributed by atoms with Gasteiger partial charge < -0.3 is 0 Å². The number of hydrogen-bond donors (Lipinski definition) is 0. The second-order valence-corrected chi connectivity index (χ2v) is 3.66. The lowest BCUT2D eigenvalue weighted by atomic mass is 9.54. The minimum atomic E-state index is -0.0332. The quantitative estimate of drug-likeness (QED) is 0.406. The second-order valence-electron chi connectivity index (χ2n) is 3.66. The molecule has 0 spiro atoms. The summed E-state index contributed by atoms with van der Waals surface area (Å²) >= 11 is 0. The highest BCUT2D eigenvalue weighted by atomic mass is 16.1. The molecule has 0 saturated heterocycles. The molecule has 0 amide bonds. The van der Waals surface area contributed by atoms with E-state index in [1.54, 1.807) is 36.5 Å². The van der Waals surface area contributed by atoms with Gasteiger partial charge in [-0.3, -0.25) is 4.79 Å². The highest BCUT2D eigenvalue weighted by Gasteiger charge is 2.24.